The number of nitrogens with one attached hydrogen (secondary N) is 1. The first-order valence-electron chi connectivity index (χ1n) is 7.94. The van der Waals surface area contributed by atoms with Crippen LogP contribution in [0.15, 0.2) is 48.5 Å². The maximum absolute atomic E-state index is 11.0. The molecule has 2 aromatic carbocycles. The van der Waals surface area contributed by atoms with Gasteiger partial charge in [-0.15, -0.1) is 0 Å². The summed E-state index contributed by atoms with van der Waals surface area (Å²) in [5, 5.41) is 11.9. The van der Waals surface area contributed by atoms with E-state index in [2.05, 4.69) is 41.7 Å². The van der Waals surface area contributed by atoms with E-state index in [0.29, 0.717) is 13.0 Å². The Kier molecular flexibility index (Phi) is 4.74. The Morgan fingerprint density at radius 2 is 1.70 bits per heavy atom. The number of ether oxygens (including phenoxy) is 1. The first-order valence-corrected chi connectivity index (χ1v) is 7.94. The third-order valence-electron chi connectivity index (χ3n) is 4.39. The summed E-state index contributed by atoms with van der Waals surface area (Å²) in [6.45, 7) is 2.62. The standard InChI is InChI=1S/C19H21NO3/c1-2-18(19(21)22)20-12-23-11-17-15-9-5-3-7-13(15)14-8-4-6-10-16(14)17/h3-10,17-18,20H,2,11-12H2,1H3,(H,21,22). The van der Waals surface area contributed by atoms with Gasteiger partial charge in [0.25, 0.3) is 0 Å². The molecule has 4 nitrogen and oxygen atoms in total. The molecule has 1 aliphatic carbocycles. The van der Waals surface area contributed by atoms with E-state index in [1.165, 1.54) is 22.3 Å². The van der Waals surface area contributed by atoms with E-state index in [9.17, 15) is 4.79 Å². The maximum atomic E-state index is 11.0. The zero-order valence-electron chi connectivity index (χ0n) is 13.2. The van der Waals surface area contributed by atoms with Gasteiger partial charge in [-0.05, 0) is 28.7 Å². The van der Waals surface area contributed by atoms with Gasteiger partial charge in [-0.25, -0.2) is 0 Å². The van der Waals surface area contributed by atoms with Crippen molar-refractivity contribution in [3.8, 4) is 11.1 Å². The Balaban J connectivity index is 1.68. The van der Waals surface area contributed by atoms with Gasteiger partial charge in [-0.1, -0.05) is 55.5 Å². The number of benzene rings is 2. The van der Waals surface area contributed by atoms with E-state index in [1.54, 1.807) is 0 Å². The van der Waals surface area contributed by atoms with Crippen LogP contribution in [-0.4, -0.2) is 30.5 Å². The van der Waals surface area contributed by atoms with Crippen molar-refractivity contribution in [2.75, 3.05) is 13.3 Å². The smallest absolute Gasteiger partial charge is 0.320 e. The van der Waals surface area contributed by atoms with Crippen molar-refractivity contribution >= 4 is 5.97 Å². The number of fused-ring (bicyclic) bond motifs is 3. The van der Waals surface area contributed by atoms with Gasteiger partial charge in [0, 0.05) is 5.92 Å². The summed E-state index contributed by atoms with van der Waals surface area (Å²) in [4.78, 5) is 11.0. The van der Waals surface area contributed by atoms with Crippen molar-refractivity contribution in [3.63, 3.8) is 0 Å². The van der Waals surface area contributed by atoms with Crippen molar-refractivity contribution in [2.24, 2.45) is 0 Å². The molecule has 2 aromatic rings. The van der Waals surface area contributed by atoms with Crippen LogP contribution in [0.25, 0.3) is 11.1 Å². The number of carbonyl (C=O) groups is 1. The van der Waals surface area contributed by atoms with E-state index in [1.807, 2.05) is 19.1 Å². The van der Waals surface area contributed by atoms with E-state index in [0.717, 1.165) is 0 Å². The third-order valence-corrected chi connectivity index (χ3v) is 4.39. The highest BCUT2D eigenvalue weighted by Gasteiger charge is 2.28. The second kappa shape index (κ2) is 6.94. The monoisotopic (exact) mass is 311 g/mol. The Morgan fingerprint density at radius 1 is 1.13 bits per heavy atom. The van der Waals surface area contributed by atoms with E-state index < -0.39 is 12.0 Å². The molecule has 0 amide bonds. The summed E-state index contributed by atoms with van der Waals surface area (Å²) >= 11 is 0. The van der Waals surface area contributed by atoms with Crippen molar-refractivity contribution < 1.29 is 14.6 Å². The minimum atomic E-state index is -0.840. The molecule has 0 aliphatic heterocycles. The van der Waals surface area contributed by atoms with Crippen LogP contribution in [0, 0.1) is 0 Å². The predicted molar refractivity (Wildman–Crippen MR) is 89.4 cm³/mol. The molecule has 0 aromatic heterocycles. The Bertz CT molecular complexity index is 653. The number of aliphatic carboxylic acids is 1. The molecule has 0 spiro atoms. The molecule has 1 atom stereocenters. The van der Waals surface area contributed by atoms with Crippen molar-refractivity contribution in [1.82, 2.24) is 5.32 Å². The lowest BCUT2D eigenvalue weighted by molar-refractivity contribution is -0.140. The van der Waals surface area contributed by atoms with Gasteiger partial charge in [0.2, 0.25) is 0 Å². The Morgan fingerprint density at radius 3 is 2.22 bits per heavy atom. The number of carboxylic acid groups (broad SMARTS) is 1. The van der Waals surface area contributed by atoms with Crippen molar-refractivity contribution in [3.05, 3.63) is 59.7 Å². The number of carboxylic acids is 1. The minimum Gasteiger partial charge on any atom is -0.480 e. The zero-order chi connectivity index (χ0) is 16.2. The molecule has 0 heterocycles. The van der Waals surface area contributed by atoms with Gasteiger partial charge < -0.3 is 9.84 Å². The highest BCUT2D eigenvalue weighted by Crippen LogP contribution is 2.44. The van der Waals surface area contributed by atoms with E-state index in [-0.39, 0.29) is 12.6 Å². The molecule has 0 fully saturated rings. The lowest BCUT2D eigenvalue weighted by atomic mass is 9.98. The molecule has 0 radical (unpaired) electrons. The minimum absolute atomic E-state index is 0.203. The zero-order valence-corrected chi connectivity index (χ0v) is 13.2. The van der Waals surface area contributed by atoms with Crippen LogP contribution in [-0.2, 0) is 9.53 Å². The normalized spacial score (nSPS) is 14.3. The van der Waals surface area contributed by atoms with Crippen LogP contribution in [0.1, 0.15) is 30.4 Å². The van der Waals surface area contributed by atoms with Crippen LogP contribution < -0.4 is 5.32 Å². The van der Waals surface area contributed by atoms with Crippen LogP contribution in [0.2, 0.25) is 0 Å². The van der Waals surface area contributed by atoms with Crippen LogP contribution in [0.5, 0.6) is 0 Å². The SMILES string of the molecule is CCC(NCOCC1c2ccccc2-c2ccccc21)C(=O)O. The summed E-state index contributed by atoms with van der Waals surface area (Å²) in [7, 11) is 0. The lowest BCUT2D eigenvalue weighted by Crippen LogP contribution is -2.37. The molecule has 0 bridgehead atoms. The van der Waals surface area contributed by atoms with Gasteiger partial charge in [-0.3, -0.25) is 10.1 Å². The molecule has 0 saturated carbocycles. The number of hydrogen-bond acceptors (Lipinski definition) is 3. The van der Waals surface area contributed by atoms with Crippen LogP contribution in [0.4, 0.5) is 0 Å². The summed E-state index contributed by atoms with van der Waals surface area (Å²) < 4.78 is 5.74. The largest absolute Gasteiger partial charge is 0.480 e. The first kappa shape index (κ1) is 15.7. The number of hydrogen-bond donors (Lipinski definition) is 2. The second-order valence-electron chi connectivity index (χ2n) is 5.75. The van der Waals surface area contributed by atoms with E-state index in [4.69, 9.17) is 9.84 Å². The summed E-state index contributed by atoms with van der Waals surface area (Å²) in [5.74, 6) is -0.637. The molecule has 4 heteroatoms. The molecule has 2 N–H and O–H groups in total. The number of rotatable bonds is 7. The molecule has 120 valence electrons. The highest BCUT2D eigenvalue weighted by molar-refractivity contribution is 5.78. The van der Waals surface area contributed by atoms with E-state index >= 15 is 0 Å². The van der Waals surface area contributed by atoms with Gasteiger partial charge in [-0.2, -0.15) is 0 Å². The molecule has 1 unspecified atom stereocenters. The average Bonchev–Trinajstić information content (AvgIpc) is 2.89. The molecule has 0 saturated heterocycles. The van der Waals surface area contributed by atoms with Crippen molar-refractivity contribution in [1.29, 1.82) is 0 Å². The Labute approximate surface area is 136 Å². The summed E-state index contributed by atoms with van der Waals surface area (Å²) in [5.41, 5.74) is 5.08. The summed E-state index contributed by atoms with van der Waals surface area (Å²) in [6, 6.07) is 16.2. The van der Waals surface area contributed by atoms with Crippen LogP contribution >= 0.6 is 0 Å². The molecular formula is C19H21NO3. The quantitative estimate of drug-likeness (QED) is 0.609. The predicted octanol–water partition coefficient (Wildman–Crippen LogP) is 3.23. The summed E-state index contributed by atoms with van der Waals surface area (Å²) in [6.07, 6.45) is 0.536. The van der Waals surface area contributed by atoms with Gasteiger partial charge in [0.1, 0.15) is 6.04 Å². The van der Waals surface area contributed by atoms with Gasteiger partial charge in [0.15, 0.2) is 0 Å². The highest BCUT2D eigenvalue weighted by atomic mass is 16.5. The molecular weight excluding hydrogens is 290 g/mol. The average molecular weight is 311 g/mol. The first-order chi connectivity index (χ1) is 11.2. The van der Waals surface area contributed by atoms with Gasteiger partial charge >= 0.3 is 5.97 Å². The van der Waals surface area contributed by atoms with Crippen molar-refractivity contribution in [2.45, 2.75) is 25.3 Å². The fourth-order valence-corrected chi connectivity index (χ4v) is 3.18. The van der Waals surface area contributed by atoms with Gasteiger partial charge in [0.05, 0.1) is 13.3 Å². The van der Waals surface area contributed by atoms with Crippen LogP contribution in [0.3, 0.4) is 0 Å². The topological polar surface area (TPSA) is 58.6 Å². The second-order valence-corrected chi connectivity index (χ2v) is 5.75. The third kappa shape index (κ3) is 3.14. The fourth-order valence-electron chi connectivity index (χ4n) is 3.18. The molecule has 23 heavy (non-hydrogen) atoms. The maximum Gasteiger partial charge on any atom is 0.320 e. The lowest BCUT2D eigenvalue weighted by Gasteiger charge is -2.16. The molecule has 3 rings (SSSR count). The Hall–Kier alpha value is -2.17. The fraction of sp³-hybridized carbons (Fsp3) is 0.316. The molecule has 1 aliphatic rings.